The summed E-state index contributed by atoms with van der Waals surface area (Å²) < 4.78 is 11.0. The Morgan fingerprint density at radius 2 is 2.06 bits per heavy atom. The quantitative estimate of drug-likeness (QED) is 0.719. The maximum absolute atomic E-state index is 5.61. The number of ether oxygens (including phenoxy) is 2. The minimum Gasteiger partial charge on any atom is -0.489 e. The van der Waals surface area contributed by atoms with Gasteiger partial charge in [0.25, 0.3) is 0 Å². The van der Waals surface area contributed by atoms with Gasteiger partial charge in [0.15, 0.2) is 0 Å². The molecule has 3 nitrogen and oxygen atoms in total. The van der Waals surface area contributed by atoms with Gasteiger partial charge in [-0.2, -0.15) is 0 Å². The molecule has 18 heavy (non-hydrogen) atoms. The van der Waals surface area contributed by atoms with Crippen LogP contribution in [0.25, 0.3) is 0 Å². The van der Waals surface area contributed by atoms with Crippen LogP contribution in [0.15, 0.2) is 36.9 Å². The molecule has 0 saturated carbocycles. The molecule has 1 aromatic rings. The van der Waals surface area contributed by atoms with Crippen LogP contribution in [0.2, 0.25) is 0 Å². The molecule has 0 aliphatic carbocycles. The number of methoxy groups -OCH3 is 1. The zero-order valence-corrected chi connectivity index (χ0v) is 11.5. The van der Waals surface area contributed by atoms with Crippen LogP contribution in [0.4, 0.5) is 0 Å². The first-order chi connectivity index (χ1) is 8.59. The zero-order valence-electron chi connectivity index (χ0n) is 11.5. The molecule has 3 heteroatoms. The van der Waals surface area contributed by atoms with E-state index in [1.165, 1.54) is 0 Å². The first kappa shape index (κ1) is 14.7. The molecule has 0 aliphatic rings. The molecule has 0 saturated heterocycles. The lowest BCUT2D eigenvalue weighted by Gasteiger charge is -2.23. The van der Waals surface area contributed by atoms with Gasteiger partial charge in [0, 0.05) is 25.8 Å². The molecule has 0 atom stereocenters. The van der Waals surface area contributed by atoms with Crippen molar-refractivity contribution in [1.82, 2.24) is 5.32 Å². The number of benzene rings is 1. The van der Waals surface area contributed by atoms with Crippen LogP contribution in [0.3, 0.4) is 0 Å². The normalized spacial score (nSPS) is 11.3. The van der Waals surface area contributed by atoms with E-state index in [-0.39, 0.29) is 5.60 Å². The molecule has 1 rings (SSSR count). The molecule has 0 spiro atoms. The van der Waals surface area contributed by atoms with E-state index in [1.54, 1.807) is 13.2 Å². The predicted molar refractivity (Wildman–Crippen MR) is 74.9 cm³/mol. The summed E-state index contributed by atoms with van der Waals surface area (Å²) in [6.07, 6.45) is 1.75. The van der Waals surface area contributed by atoms with E-state index in [0.29, 0.717) is 6.61 Å². The summed E-state index contributed by atoms with van der Waals surface area (Å²) in [6.45, 7) is 9.85. The number of rotatable bonds is 8. The lowest BCUT2D eigenvalue weighted by molar-refractivity contribution is 0.0230. The van der Waals surface area contributed by atoms with Gasteiger partial charge in [-0.1, -0.05) is 30.9 Å². The molecular formula is C15H23NO2. The third kappa shape index (κ3) is 4.90. The Balaban J connectivity index is 2.53. The third-order valence-corrected chi connectivity index (χ3v) is 2.75. The van der Waals surface area contributed by atoms with Gasteiger partial charge in [-0.15, -0.1) is 0 Å². The molecule has 1 aromatic carbocycles. The van der Waals surface area contributed by atoms with Gasteiger partial charge in [0.2, 0.25) is 0 Å². The Kier molecular flexibility index (Phi) is 5.89. The van der Waals surface area contributed by atoms with Crippen molar-refractivity contribution in [3.8, 4) is 5.75 Å². The van der Waals surface area contributed by atoms with Crippen molar-refractivity contribution in [2.24, 2.45) is 0 Å². The minimum atomic E-state index is -0.156. The molecule has 0 aromatic heterocycles. The fourth-order valence-electron chi connectivity index (χ4n) is 1.51. The van der Waals surface area contributed by atoms with Gasteiger partial charge in [-0.25, -0.2) is 0 Å². The molecule has 1 N–H and O–H groups in total. The van der Waals surface area contributed by atoms with E-state index in [0.717, 1.165) is 24.4 Å². The van der Waals surface area contributed by atoms with Crippen molar-refractivity contribution in [1.29, 1.82) is 0 Å². The first-order valence-corrected chi connectivity index (χ1v) is 6.16. The first-order valence-electron chi connectivity index (χ1n) is 6.16. The summed E-state index contributed by atoms with van der Waals surface area (Å²) in [4.78, 5) is 0. The second-order valence-electron chi connectivity index (χ2n) is 4.77. The Hall–Kier alpha value is -1.32. The average Bonchev–Trinajstić information content (AvgIpc) is 2.37. The monoisotopic (exact) mass is 249 g/mol. The summed E-state index contributed by atoms with van der Waals surface area (Å²) >= 11 is 0. The van der Waals surface area contributed by atoms with Crippen molar-refractivity contribution in [2.45, 2.75) is 26.0 Å². The number of hydrogen-bond donors (Lipinski definition) is 1. The Morgan fingerprint density at radius 3 is 2.72 bits per heavy atom. The van der Waals surface area contributed by atoms with Crippen LogP contribution in [0.5, 0.6) is 5.75 Å². The highest BCUT2D eigenvalue weighted by Gasteiger charge is 2.15. The summed E-state index contributed by atoms with van der Waals surface area (Å²) in [5.74, 6) is 0.903. The van der Waals surface area contributed by atoms with E-state index in [2.05, 4.69) is 31.8 Å². The predicted octanol–water partition coefficient (Wildman–Crippen LogP) is 2.77. The highest BCUT2D eigenvalue weighted by Crippen LogP contribution is 2.18. The maximum atomic E-state index is 5.61. The standard InChI is InChI=1S/C15H23NO2/c1-5-10-18-14-9-7-6-8-13(14)11-16-12-15(2,3)17-4/h5-9,16H,1,10-12H2,2-4H3. The third-order valence-electron chi connectivity index (χ3n) is 2.75. The Morgan fingerprint density at radius 1 is 1.33 bits per heavy atom. The smallest absolute Gasteiger partial charge is 0.124 e. The van der Waals surface area contributed by atoms with Crippen molar-refractivity contribution in [3.05, 3.63) is 42.5 Å². The van der Waals surface area contributed by atoms with Crippen LogP contribution in [0.1, 0.15) is 19.4 Å². The Labute approximate surface area is 110 Å². The van der Waals surface area contributed by atoms with Gasteiger partial charge in [0.1, 0.15) is 12.4 Å². The summed E-state index contributed by atoms with van der Waals surface area (Å²) in [6, 6.07) is 8.02. The molecule has 0 amide bonds. The largest absolute Gasteiger partial charge is 0.489 e. The van der Waals surface area contributed by atoms with Gasteiger partial charge < -0.3 is 14.8 Å². The van der Waals surface area contributed by atoms with Crippen LogP contribution < -0.4 is 10.1 Å². The lowest BCUT2D eigenvalue weighted by atomic mass is 10.1. The highest BCUT2D eigenvalue weighted by atomic mass is 16.5. The topological polar surface area (TPSA) is 30.5 Å². The van der Waals surface area contributed by atoms with Crippen LogP contribution >= 0.6 is 0 Å². The highest BCUT2D eigenvalue weighted by molar-refractivity contribution is 5.33. The number of hydrogen-bond acceptors (Lipinski definition) is 3. The van der Waals surface area contributed by atoms with Crippen molar-refractivity contribution in [3.63, 3.8) is 0 Å². The van der Waals surface area contributed by atoms with Gasteiger partial charge in [-0.05, 0) is 19.9 Å². The summed E-state index contributed by atoms with van der Waals surface area (Å²) in [7, 11) is 1.73. The molecule has 0 fully saturated rings. The van der Waals surface area contributed by atoms with Gasteiger partial charge in [-0.3, -0.25) is 0 Å². The fraction of sp³-hybridized carbons (Fsp3) is 0.467. The fourth-order valence-corrected chi connectivity index (χ4v) is 1.51. The van der Waals surface area contributed by atoms with E-state index in [1.807, 2.05) is 18.2 Å². The van der Waals surface area contributed by atoms with E-state index in [4.69, 9.17) is 9.47 Å². The summed E-state index contributed by atoms with van der Waals surface area (Å²) in [5, 5.41) is 3.38. The lowest BCUT2D eigenvalue weighted by Crippen LogP contribution is -2.36. The zero-order chi connectivity index (χ0) is 13.4. The second kappa shape index (κ2) is 7.19. The van der Waals surface area contributed by atoms with Crippen molar-refractivity contribution >= 4 is 0 Å². The summed E-state index contributed by atoms with van der Waals surface area (Å²) in [5.41, 5.74) is 0.989. The molecule has 0 heterocycles. The minimum absolute atomic E-state index is 0.156. The molecule has 100 valence electrons. The molecule has 0 bridgehead atoms. The van der Waals surface area contributed by atoms with Crippen molar-refractivity contribution in [2.75, 3.05) is 20.3 Å². The SMILES string of the molecule is C=CCOc1ccccc1CNCC(C)(C)OC. The number of para-hydroxylation sites is 1. The van der Waals surface area contributed by atoms with Crippen LogP contribution in [-0.4, -0.2) is 25.9 Å². The second-order valence-corrected chi connectivity index (χ2v) is 4.77. The molecule has 0 aliphatic heterocycles. The molecular weight excluding hydrogens is 226 g/mol. The van der Waals surface area contributed by atoms with Crippen LogP contribution in [-0.2, 0) is 11.3 Å². The number of nitrogens with one attached hydrogen (secondary N) is 1. The van der Waals surface area contributed by atoms with E-state index < -0.39 is 0 Å². The molecule has 0 radical (unpaired) electrons. The average molecular weight is 249 g/mol. The molecule has 0 unspecified atom stereocenters. The maximum Gasteiger partial charge on any atom is 0.124 e. The van der Waals surface area contributed by atoms with E-state index in [9.17, 15) is 0 Å². The van der Waals surface area contributed by atoms with Gasteiger partial charge >= 0.3 is 0 Å². The van der Waals surface area contributed by atoms with Gasteiger partial charge in [0.05, 0.1) is 5.60 Å². The van der Waals surface area contributed by atoms with E-state index >= 15 is 0 Å². The van der Waals surface area contributed by atoms with Crippen molar-refractivity contribution < 1.29 is 9.47 Å². The Bertz CT molecular complexity index is 375. The van der Waals surface area contributed by atoms with Crippen LogP contribution in [0, 0.1) is 0 Å².